The molecular weight excluding hydrogens is 402 g/mol. The summed E-state index contributed by atoms with van der Waals surface area (Å²) >= 11 is 0. The molecule has 0 saturated heterocycles. The van der Waals surface area contributed by atoms with Crippen LogP contribution in [0.2, 0.25) is 0 Å². The third-order valence-corrected chi connectivity index (χ3v) is 4.47. The largest absolute Gasteiger partial charge is 0.493 e. The summed E-state index contributed by atoms with van der Waals surface area (Å²) in [5.41, 5.74) is 0.808. The van der Waals surface area contributed by atoms with Crippen molar-refractivity contribution in [2.45, 2.75) is 0 Å². The molecule has 0 aromatic heterocycles. The van der Waals surface area contributed by atoms with Gasteiger partial charge in [0.05, 0.1) is 39.6 Å². The molecule has 31 heavy (non-hydrogen) atoms. The lowest BCUT2D eigenvalue weighted by molar-refractivity contribution is 0.0944. The molecule has 2 rings (SSSR count). The second-order valence-electron chi connectivity index (χ2n) is 6.34. The lowest BCUT2D eigenvalue weighted by Crippen LogP contribution is -2.36. The number of methoxy groups -OCH3 is 4. The van der Waals surface area contributed by atoms with Gasteiger partial charge in [-0.05, 0) is 24.3 Å². The Morgan fingerprint density at radius 3 is 1.42 bits per heavy atom. The van der Waals surface area contributed by atoms with Crippen LogP contribution in [0.15, 0.2) is 36.4 Å². The van der Waals surface area contributed by atoms with E-state index in [-0.39, 0.29) is 11.8 Å². The van der Waals surface area contributed by atoms with Gasteiger partial charge in [-0.1, -0.05) is 12.1 Å². The van der Waals surface area contributed by atoms with Gasteiger partial charge in [0.25, 0.3) is 11.8 Å². The van der Waals surface area contributed by atoms with Gasteiger partial charge in [0, 0.05) is 26.2 Å². The van der Waals surface area contributed by atoms with Crippen molar-refractivity contribution in [3.63, 3.8) is 0 Å². The molecule has 9 nitrogen and oxygen atoms in total. The van der Waals surface area contributed by atoms with Crippen molar-refractivity contribution in [2.24, 2.45) is 0 Å². The van der Waals surface area contributed by atoms with Crippen LogP contribution in [0.3, 0.4) is 0 Å². The average Bonchev–Trinajstić information content (AvgIpc) is 2.81. The van der Waals surface area contributed by atoms with Crippen LogP contribution in [0, 0.1) is 0 Å². The fraction of sp³-hybridized carbons (Fsp3) is 0.364. The van der Waals surface area contributed by atoms with Crippen molar-refractivity contribution >= 4 is 11.8 Å². The number of rotatable bonds is 12. The minimum atomic E-state index is -0.254. The molecule has 0 aliphatic rings. The predicted molar refractivity (Wildman–Crippen MR) is 117 cm³/mol. The first-order valence-electron chi connectivity index (χ1n) is 9.76. The molecule has 0 fully saturated rings. The lowest BCUT2D eigenvalue weighted by atomic mass is 10.1. The second kappa shape index (κ2) is 12.3. The predicted octanol–water partition coefficient (Wildman–Crippen LogP) is 1.47. The SMILES string of the molecule is COc1cccc(C(=O)NCCNCCNC(=O)c2cccc(OC)c2OC)c1OC. The van der Waals surface area contributed by atoms with E-state index in [9.17, 15) is 9.59 Å². The average molecular weight is 431 g/mol. The Morgan fingerprint density at radius 1 is 0.645 bits per heavy atom. The van der Waals surface area contributed by atoms with Gasteiger partial charge < -0.3 is 34.9 Å². The summed E-state index contributed by atoms with van der Waals surface area (Å²) < 4.78 is 21.0. The number of nitrogens with one attached hydrogen (secondary N) is 3. The Bertz CT molecular complexity index is 816. The van der Waals surface area contributed by atoms with Crippen LogP contribution < -0.4 is 34.9 Å². The summed E-state index contributed by atoms with van der Waals surface area (Å²) in [6, 6.07) is 10.3. The van der Waals surface area contributed by atoms with Crippen LogP contribution in [-0.4, -0.2) is 66.4 Å². The van der Waals surface area contributed by atoms with Gasteiger partial charge in [-0.15, -0.1) is 0 Å². The van der Waals surface area contributed by atoms with E-state index in [4.69, 9.17) is 18.9 Å². The maximum absolute atomic E-state index is 12.4. The molecule has 0 aliphatic heterocycles. The third kappa shape index (κ3) is 6.26. The zero-order valence-corrected chi connectivity index (χ0v) is 18.2. The fourth-order valence-corrected chi connectivity index (χ4v) is 2.98. The number of hydrogen-bond acceptors (Lipinski definition) is 7. The quantitative estimate of drug-likeness (QED) is 0.437. The zero-order chi connectivity index (χ0) is 22.6. The number of hydrogen-bond donors (Lipinski definition) is 3. The van der Waals surface area contributed by atoms with Gasteiger partial charge in [0.2, 0.25) is 0 Å². The minimum Gasteiger partial charge on any atom is -0.493 e. The first-order chi connectivity index (χ1) is 15.1. The Labute approximate surface area is 182 Å². The van der Waals surface area contributed by atoms with Gasteiger partial charge >= 0.3 is 0 Å². The van der Waals surface area contributed by atoms with Crippen molar-refractivity contribution < 1.29 is 28.5 Å². The molecular formula is C22H29N3O6. The molecule has 2 aromatic rings. The van der Waals surface area contributed by atoms with E-state index in [1.165, 1.54) is 28.4 Å². The highest BCUT2D eigenvalue weighted by molar-refractivity contribution is 5.98. The number of para-hydroxylation sites is 2. The Morgan fingerprint density at radius 2 is 1.06 bits per heavy atom. The van der Waals surface area contributed by atoms with E-state index in [2.05, 4.69) is 16.0 Å². The topological polar surface area (TPSA) is 107 Å². The van der Waals surface area contributed by atoms with E-state index >= 15 is 0 Å². The third-order valence-electron chi connectivity index (χ3n) is 4.47. The summed E-state index contributed by atoms with van der Waals surface area (Å²) in [6.45, 7) is 1.90. The lowest BCUT2D eigenvalue weighted by Gasteiger charge is -2.13. The first kappa shape index (κ1) is 23.8. The molecule has 2 amide bonds. The highest BCUT2D eigenvalue weighted by Gasteiger charge is 2.17. The monoisotopic (exact) mass is 431 g/mol. The minimum absolute atomic E-state index is 0.254. The van der Waals surface area contributed by atoms with Crippen LogP contribution in [0.4, 0.5) is 0 Å². The Kier molecular flexibility index (Phi) is 9.44. The molecule has 0 heterocycles. The zero-order valence-electron chi connectivity index (χ0n) is 18.2. The molecule has 2 aromatic carbocycles. The number of amides is 2. The molecule has 0 aliphatic carbocycles. The summed E-state index contributed by atoms with van der Waals surface area (Å²) in [6.07, 6.45) is 0. The summed E-state index contributed by atoms with van der Waals surface area (Å²) in [5, 5.41) is 8.81. The summed E-state index contributed by atoms with van der Waals surface area (Å²) in [4.78, 5) is 24.8. The van der Waals surface area contributed by atoms with Crippen molar-refractivity contribution in [1.29, 1.82) is 0 Å². The second-order valence-corrected chi connectivity index (χ2v) is 6.34. The smallest absolute Gasteiger partial charge is 0.255 e. The van der Waals surface area contributed by atoms with Gasteiger partial charge in [0.15, 0.2) is 23.0 Å². The van der Waals surface area contributed by atoms with Crippen molar-refractivity contribution in [2.75, 3.05) is 54.6 Å². The highest BCUT2D eigenvalue weighted by Crippen LogP contribution is 2.31. The summed E-state index contributed by atoms with van der Waals surface area (Å²) in [5.74, 6) is 1.28. The molecule has 0 radical (unpaired) electrons. The maximum atomic E-state index is 12.4. The summed E-state index contributed by atoms with van der Waals surface area (Å²) in [7, 11) is 6.02. The Balaban J connectivity index is 1.73. The fourth-order valence-electron chi connectivity index (χ4n) is 2.98. The highest BCUT2D eigenvalue weighted by atomic mass is 16.5. The standard InChI is InChI=1S/C22H29N3O6/c1-28-17-9-5-7-15(19(17)30-3)21(26)24-13-11-23-12-14-25-22(27)16-8-6-10-18(29-2)20(16)31-4/h5-10,23H,11-14H2,1-4H3,(H,24,26)(H,25,27). The Hall–Kier alpha value is -3.46. The van der Waals surface area contributed by atoms with Crippen molar-refractivity contribution in [3.8, 4) is 23.0 Å². The number of carbonyl (C=O) groups excluding carboxylic acids is 2. The van der Waals surface area contributed by atoms with Gasteiger partial charge in [-0.2, -0.15) is 0 Å². The molecule has 0 atom stereocenters. The number of ether oxygens (including phenoxy) is 4. The molecule has 9 heteroatoms. The molecule has 0 unspecified atom stereocenters. The molecule has 168 valence electrons. The van der Waals surface area contributed by atoms with E-state index in [0.29, 0.717) is 60.3 Å². The van der Waals surface area contributed by atoms with Gasteiger partial charge in [-0.3, -0.25) is 9.59 Å². The van der Waals surface area contributed by atoms with E-state index in [1.54, 1.807) is 36.4 Å². The van der Waals surface area contributed by atoms with Crippen molar-refractivity contribution in [3.05, 3.63) is 47.5 Å². The first-order valence-corrected chi connectivity index (χ1v) is 9.76. The molecule has 0 saturated carbocycles. The maximum Gasteiger partial charge on any atom is 0.255 e. The normalized spacial score (nSPS) is 10.2. The van der Waals surface area contributed by atoms with Crippen LogP contribution >= 0.6 is 0 Å². The van der Waals surface area contributed by atoms with E-state index in [1.807, 2.05) is 0 Å². The van der Waals surface area contributed by atoms with E-state index in [0.717, 1.165) is 0 Å². The number of carbonyl (C=O) groups is 2. The van der Waals surface area contributed by atoms with Crippen LogP contribution in [-0.2, 0) is 0 Å². The van der Waals surface area contributed by atoms with Crippen LogP contribution in [0.1, 0.15) is 20.7 Å². The van der Waals surface area contributed by atoms with Crippen LogP contribution in [0.5, 0.6) is 23.0 Å². The van der Waals surface area contributed by atoms with Crippen LogP contribution in [0.25, 0.3) is 0 Å². The van der Waals surface area contributed by atoms with Gasteiger partial charge in [0.1, 0.15) is 0 Å². The van der Waals surface area contributed by atoms with Gasteiger partial charge in [-0.25, -0.2) is 0 Å². The molecule has 0 spiro atoms. The molecule has 0 bridgehead atoms. The van der Waals surface area contributed by atoms with Crippen molar-refractivity contribution in [1.82, 2.24) is 16.0 Å². The van der Waals surface area contributed by atoms with E-state index < -0.39 is 0 Å². The number of benzene rings is 2. The molecule has 3 N–H and O–H groups in total.